The van der Waals surface area contributed by atoms with Crippen molar-refractivity contribution in [2.45, 2.75) is 79.2 Å². The molecular formula is C17H35N. The molecule has 0 bridgehead atoms. The van der Waals surface area contributed by atoms with Crippen LogP contribution in [0.3, 0.4) is 0 Å². The minimum atomic E-state index is 0.746. The second kappa shape index (κ2) is 8.19. The maximum Gasteiger partial charge on any atom is 0.0126 e. The first-order chi connectivity index (χ1) is 8.61. The lowest BCUT2D eigenvalue weighted by Gasteiger charge is -2.41. The van der Waals surface area contributed by atoms with Crippen molar-refractivity contribution in [1.82, 2.24) is 5.32 Å². The molecule has 0 saturated heterocycles. The zero-order valence-electron chi connectivity index (χ0n) is 13.3. The van der Waals surface area contributed by atoms with Gasteiger partial charge in [0.1, 0.15) is 0 Å². The van der Waals surface area contributed by atoms with Crippen molar-refractivity contribution in [1.29, 1.82) is 0 Å². The average molecular weight is 253 g/mol. The maximum atomic E-state index is 3.88. The first-order valence-corrected chi connectivity index (χ1v) is 8.35. The van der Waals surface area contributed by atoms with E-state index in [2.05, 4.69) is 39.9 Å². The van der Waals surface area contributed by atoms with E-state index in [0.29, 0.717) is 0 Å². The predicted molar refractivity (Wildman–Crippen MR) is 81.8 cm³/mol. The fourth-order valence-corrected chi connectivity index (χ4v) is 3.67. The molecule has 0 aromatic rings. The van der Waals surface area contributed by atoms with Gasteiger partial charge in [0.15, 0.2) is 0 Å². The summed E-state index contributed by atoms with van der Waals surface area (Å²) in [4.78, 5) is 0. The van der Waals surface area contributed by atoms with Gasteiger partial charge in [-0.1, -0.05) is 60.3 Å². The summed E-state index contributed by atoms with van der Waals surface area (Å²) in [5, 5.41) is 3.88. The van der Waals surface area contributed by atoms with Crippen LogP contribution in [0.2, 0.25) is 0 Å². The van der Waals surface area contributed by atoms with Gasteiger partial charge in [0.2, 0.25) is 0 Å². The highest BCUT2D eigenvalue weighted by atomic mass is 14.9. The predicted octanol–water partition coefficient (Wildman–Crippen LogP) is 4.86. The molecule has 1 aliphatic carbocycles. The molecule has 4 unspecified atom stereocenters. The lowest BCUT2D eigenvalue weighted by molar-refractivity contribution is 0.124. The van der Waals surface area contributed by atoms with E-state index in [1.807, 2.05) is 0 Å². The molecule has 1 rings (SSSR count). The Bertz CT molecular complexity index is 212. The Hall–Kier alpha value is -0.0400. The summed E-state index contributed by atoms with van der Waals surface area (Å²) in [5.74, 6) is 3.48. The summed E-state index contributed by atoms with van der Waals surface area (Å²) < 4.78 is 0. The average Bonchev–Trinajstić information content (AvgIpc) is 2.39. The largest absolute Gasteiger partial charge is 0.313 e. The molecule has 1 nitrogen and oxygen atoms in total. The van der Waals surface area contributed by atoms with Crippen LogP contribution < -0.4 is 5.32 Å². The molecule has 4 atom stereocenters. The van der Waals surface area contributed by atoms with Gasteiger partial charge in [0.25, 0.3) is 0 Å². The molecule has 1 fully saturated rings. The normalized spacial score (nSPS) is 28.3. The summed E-state index contributed by atoms with van der Waals surface area (Å²) in [6.45, 7) is 13.1. The van der Waals surface area contributed by atoms with Crippen LogP contribution in [-0.2, 0) is 0 Å². The molecule has 0 aliphatic heterocycles. The highest BCUT2D eigenvalue weighted by Gasteiger charge is 2.34. The van der Waals surface area contributed by atoms with Gasteiger partial charge in [-0.2, -0.15) is 0 Å². The molecule has 1 aliphatic rings. The second-order valence-corrected chi connectivity index (χ2v) is 6.70. The molecule has 1 N–H and O–H groups in total. The highest BCUT2D eigenvalue weighted by Crippen LogP contribution is 2.37. The van der Waals surface area contributed by atoms with E-state index in [1.165, 1.54) is 45.1 Å². The van der Waals surface area contributed by atoms with Crippen LogP contribution in [0.5, 0.6) is 0 Å². The molecule has 0 heterocycles. The van der Waals surface area contributed by atoms with Gasteiger partial charge in [-0.3, -0.25) is 0 Å². The minimum Gasteiger partial charge on any atom is -0.313 e. The number of hydrogen-bond donors (Lipinski definition) is 1. The minimum absolute atomic E-state index is 0.746. The molecule has 0 aromatic heterocycles. The molecule has 0 spiro atoms. The lowest BCUT2D eigenvalue weighted by Crippen LogP contribution is -2.47. The van der Waals surface area contributed by atoms with Crippen LogP contribution in [0.25, 0.3) is 0 Å². The van der Waals surface area contributed by atoms with Gasteiger partial charge in [-0.05, 0) is 43.1 Å². The molecule has 108 valence electrons. The van der Waals surface area contributed by atoms with Gasteiger partial charge in [0.05, 0.1) is 0 Å². The van der Waals surface area contributed by atoms with Crippen LogP contribution in [0.1, 0.15) is 73.1 Å². The van der Waals surface area contributed by atoms with E-state index in [4.69, 9.17) is 0 Å². The van der Waals surface area contributed by atoms with Crippen LogP contribution in [0.4, 0.5) is 0 Å². The summed E-state index contributed by atoms with van der Waals surface area (Å²) in [6, 6.07) is 0.746. The molecule has 0 radical (unpaired) electrons. The Balaban J connectivity index is 2.72. The molecule has 18 heavy (non-hydrogen) atoms. The summed E-state index contributed by atoms with van der Waals surface area (Å²) in [6.07, 6.45) is 8.47. The van der Waals surface area contributed by atoms with E-state index >= 15 is 0 Å². The van der Waals surface area contributed by atoms with Crippen molar-refractivity contribution in [3.05, 3.63) is 0 Å². The zero-order chi connectivity index (χ0) is 13.5. The molecule has 1 heteroatoms. The zero-order valence-corrected chi connectivity index (χ0v) is 13.3. The van der Waals surface area contributed by atoms with Crippen molar-refractivity contribution in [2.24, 2.45) is 23.7 Å². The quantitative estimate of drug-likeness (QED) is 0.683. The second-order valence-electron chi connectivity index (χ2n) is 6.70. The van der Waals surface area contributed by atoms with Crippen LogP contribution in [-0.4, -0.2) is 12.6 Å². The number of hydrogen-bond acceptors (Lipinski definition) is 1. The molecule has 0 amide bonds. The monoisotopic (exact) mass is 253 g/mol. The van der Waals surface area contributed by atoms with Gasteiger partial charge in [-0.15, -0.1) is 0 Å². The Morgan fingerprint density at radius 1 is 1.06 bits per heavy atom. The standard InChI is InChI=1S/C17H35N/c1-6-12-18-17(14(5)13(3)4)16-11-9-8-10-15(16)7-2/h13-18H,6-12H2,1-5H3. The van der Waals surface area contributed by atoms with Gasteiger partial charge in [-0.25, -0.2) is 0 Å². The maximum absolute atomic E-state index is 3.88. The SMILES string of the molecule is CCCNC(C(C)C(C)C)C1CCCCC1CC. The first kappa shape index (κ1) is 16.0. The third-order valence-electron chi connectivity index (χ3n) is 5.20. The lowest BCUT2D eigenvalue weighted by atomic mass is 9.69. The number of rotatable bonds is 7. The van der Waals surface area contributed by atoms with Crippen molar-refractivity contribution >= 4 is 0 Å². The fraction of sp³-hybridized carbons (Fsp3) is 1.00. The summed E-state index contributed by atoms with van der Waals surface area (Å²) in [7, 11) is 0. The van der Waals surface area contributed by atoms with Gasteiger partial charge in [0, 0.05) is 6.04 Å². The van der Waals surface area contributed by atoms with E-state index in [0.717, 1.165) is 29.7 Å². The molecule has 1 saturated carbocycles. The highest BCUT2D eigenvalue weighted by molar-refractivity contribution is 4.88. The first-order valence-electron chi connectivity index (χ1n) is 8.35. The topological polar surface area (TPSA) is 12.0 Å². The summed E-state index contributed by atoms with van der Waals surface area (Å²) >= 11 is 0. The van der Waals surface area contributed by atoms with Crippen molar-refractivity contribution in [3.8, 4) is 0 Å². The van der Waals surface area contributed by atoms with Crippen LogP contribution in [0.15, 0.2) is 0 Å². The van der Waals surface area contributed by atoms with E-state index < -0.39 is 0 Å². The van der Waals surface area contributed by atoms with Crippen molar-refractivity contribution in [2.75, 3.05) is 6.54 Å². The van der Waals surface area contributed by atoms with Crippen molar-refractivity contribution in [3.63, 3.8) is 0 Å². The Morgan fingerprint density at radius 2 is 1.72 bits per heavy atom. The van der Waals surface area contributed by atoms with E-state index in [9.17, 15) is 0 Å². The van der Waals surface area contributed by atoms with Crippen molar-refractivity contribution < 1.29 is 0 Å². The Kier molecular flexibility index (Phi) is 7.29. The third-order valence-corrected chi connectivity index (χ3v) is 5.20. The van der Waals surface area contributed by atoms with Gasteiger partial charge >= 0.3 is 0 Å². The Labute approximate surface area is 115 Å². The smallest absolute Gasteiger partial charge is 0.0126 e. The molecule has 0 aromatic carbocycles. The van der Waals surface area contributed by atoms with E-state index in [1.54, 1.807) is 0 Å². The summed E-state index contributed by atoms with van der Waals surface area (Å²) in [5.41, 5.74) is 0. The van der Waals surface area contributed by atoms with Crippen LogP contribution in [0, 0.1) is 23.7 Å². The molecular weight excluding hydrogens is 218 g/mol. The fourth-order valence-electron chi connectivity index (χ4n) is 3.67. The third kappa shape index (κ3) is 4.26. The van der Waals surface area contributed by atoms with Crippen LogP contribution >= 0.6 is 0 Å². The Morgan fingerprint density at radius 3 is 2.28 bits per heavy atom. The number of nitrogens with one attached hydrogen (secondary N) is 1. The van der Waals surface area contributed by atoms with Gasteiger partial charge < -0.3 is 5.32 Å². The van der Waals surface area contributed by atoms with E-state index in [-0.39, 0.29) is 0 Å².